The zero-order valence-electron chi connectivity index (χ0n) is 65.2. The summed E-state index contributed by atoms with van der Waals surface area (Å²) < 4.78 is 34.5. The number of quaternary nitrogens is 1. The van der Waals surface area contributed by atoms with E-state index in [1.54, 1.807) is 0 Å². The average Bonchev–Trinajstić information content (AvgIpc) is 1.08. The summed E-state index contributed by atoms with van der Waals surface area (Å²) in [5.74, 6) is -0.813. The van der Waals surface area contributed by atoms with Crippen molar-refractivity contribution in [3.8, 4) is 0 Å². The van der Waals surface area contributed by atoms with Crippen LogP contribution in [0.3, 0.4) is 0 Å². The minimum Gasteiger partial charge on any atom is -0.756 e. The highest BCUT2D eigenvalue weighted by Crippen LogP contribution is 2.38. The topological polar surface area (TPSA) is 111 Å². The Morgan fingerprint density at radius 3 is 0.867 bits per heavy atom. The first-order valence-electron chi connectivity index (χ1n) is 41.9. The van der Waals surface area contributed by atoms with E-state index in [1.165, 1.54) is 289 Å². The highest BCUT2D eigenvalue weighted by atomic mass is 31.2. The lowest BCUT2D eigenvalue weighted by Gasteiger charge is -2.28. The Bertz CT molecular complexity index is 1980. The van der Waals surface area contributed by atoms with Gasteiger partial charge in [-0.05, 0) is 96.3 Å². The summed E-state index contributed by atoms with van der Waals surface area (Å²) >= 11 is 0. The molecule has 0 aliphatic carbocycles. The Balaban J connectivity index is 3.90. The molecule has 0 aromatic heterocycles. The fourth-order valence-corrected chi connectivity index (χ4v) is 13.0. The molecule has 570 valence electrons. The molecular weight excluding hydrogens is 1230 g/mol. The number of carbonyl (C=O) groups is 2. The second-order valence-electron chi connectivity index (χ2n) is 29.5. The smallest absolute Gasteiger partial charge is 0.306 e. The predicted molar refractivity (Wildman–Crippen MR) is 425 cm³/mol. The standard InChI is InChI=1S/C88H160NO8P/c1-6-8-10-12-14-16-18-20-22-24-26-28-30-32-34-36-38-40-41-42-43-44-45-46-47-49-51-53-55-57-59-61-63-65-67-69-71-73-75-77-79-81-88(91)97-86(85-96-98(92,93)95-83-82-89(3,4)5)84-94-87(90)80-78-76-74-72-70-68-66-64-62-60-58-56-54-52-50-48-39-37-35-33-31-29-27-25-23-21-19-17-15-13-11-9-7-2/h8,10,14,16,19-22,25-28,32,34,38,40,86H,6-7,9,11-13,15,17-18,23-24,29-31,33,35-37,39,41-85H2,1-5H3/b10-8-,16-14-,21-19-,22-20-,27-25-,28-26-,34-32-,40-38-. The van der Waals surface area contributed by atoms with Crippen LogP contribution in [-0.4, -0.2) is 70.0 Å². The monoisotopic (exact) mass is 1390 g/mol. The first kappa shape index (κ1) is 94.9. The molecule has 0 N–H and O–H groups in total. The molecule has 0 amide bonds. The number of hydrogen-bond donors (Lipinski definition) is 0. The van der Waals surface area contributed by atoms with E-state index in [1.807, 2.05) is 21.1 Å². The van der Waals surface area contributed by atoms with Gasteiger partial charge in [-0.1, -0.05) is 387 Å². The largest absolute Gasteiger partial charge is 0.756 e. The third-order valence-electron chi connectivity index (χ3n) is 18.6. The maximum absolute atomic E-state index is 12.9. The highest BCUT2D eigenvalue weighted by molar-refractivity contribution is 7.45. The Hall–Kier alpha value is -3.07. The number of phosphoric ester groups is 1. The number of ether oxygens (including phenoxy) is 2. The van der Waals surface area contributed by atoms with Gasteiger partial charge in [0.1, 0.15) is 19.8 Å². The minimum atomic E-state index is -4.65. The molecule has 0 fully saturated rings. The van der Waals surface area contributed by atoms with E-state index < -0.39 is 26.5 Å². The number of esters is 2. The number of likely N-dealkylation sites (N-methyl/N-ethyl adjacent to an activating group) is 1. The molecular formula is C88H160NO8P. The van der Waals surface area contributed by atoms with E-state index in [9.17, 15) is 19.0 Å². The average molecular weight is 1390 g/mol. The van der Waals surface area contributed by atoms with Crippen LogP contribution in [0.15, 0.2) is 97.2 Å². The number of phosphoric acid groups is 1. The molecule has 0 spiro atoms. The van der Waals surface area contributed by atoms with Gasteiger partial charge < -0.3 is 27.9 Å². The summed E-state index contributed by atoms with van der Waals surface area (Å²) in [6.07, 6.45) is 110. The fourth-order valence-electron chi connectivity index (χ4n) is 12.2. The van der Waals surface area contributed by atoms with E-state index in [0.29, 0.717) is 17.4 Å². The Kier molecular flexibility index (Phi) is 75.6. The molecule has 0 heterocycles. The summed E-state index contributed by atoms with van der Waals surface area (Å²) in [5, 5.41) is 0. The van der Waals surface area contributed by atoms with Crippen molar-refractivity contribution in [3.05, 3.63) is 97.2 Å². The number of unbranched alkanes of at least 4 members (excludes halogenated alkanes) is 48. The summed E-state index contributed by atoms with van der Waals surface area (Å²) in [7, 11) is 1.18. The molecule has 10 heteroatoms. The van der Waals surface area contributed by atoms with E-state index in [4.69, 9.17) is 18.5 Å². The third-order valence-corrected chi connectivity index (χ3v) is 19.6. The van der Waals surface area contributed by atoms with Crippen molar-refractivity contribution in [2.24, 2.45) is 0 Å². The second-order valence-corrected chi connectivity index (χ2v) is 30.9. The van der Waals surface area contributed by atoms with Crippen LogP contribution in [0.4, 0.5) is 0 Å². The van der Waals surface area contributed by atoms with Crippen LogP contribution >= 0.6 is 7.82 Å². The van der Waals surface area contributed by atoms with E-state index in [2.05, 4.69) is 111 Å². The Labute approximate surface area is 608 Å². The van der Waals surface area contributed by atoms with Crippen molar-refractivity contribution in [1.29, 1.82) is 0 Å². The molecule has 0 aromatic carbocycles. The summed E-state index contributed by atoms with van der Waals surface area (Å²) in [5.41, 5.74) is 0. The van der Waals surface area contributed by atoms with Crippen molar-refractivity contribution >= 4 is 19.8 Å². The zero-order chi connectivity index (χ0) is 71.1. The van der Waals surface area contributed by atoms with Gasteiger partial charge in [0.25, 0.3) is 7.82 Å². The van der Waals surface area contributed by atoms with E-state index in [-0.39, 0.29) is 32.0 Å². The Morgan fingerprint density at radius 1 is 0.327 bits per heavy atom. The molecule has 0 aliphatic rings. The maximum Gasteiger partial charge on any atom is 0.306 e. The van der Waals surface area contributed by atoms with Crippen molar-refractivity contribution in [2.75, 3.05) is 47.5 Å². The van der Waals surface area contributed by atoms with Crippen molar-refractivity contribution in [2.45, 2.75) is 405 Å². The molecule has 2 atom stereocenters. The van der Waals surface area contributed by atoms with Gasteiger partial charge >= 0.3 is 11.9 Å². The molecule has 0 aromatic rings. The van der Waals surface area contributed by atoms with Gasteiger partial charge in [-0.2, -0.15) is 0 Å². The van der Waals surface area contributed by atoms with Crippen LogP contribution in [0.25, 0.3) is 0 Å². The lowest BCUT2D eigenvalue weighted by Crippen LogP contribution is -2.37. The molecule has 0 aliphatic heterocycles. The van der Waals surface area contributed by atoms with Crippen LogP contribution < -0.4 is 4.89 Å². The van der Waals surface area contributed by atoms with Crippen LogP contribution in [0.1, 0.15) is 399 Å². The predicted octanol–water partition coefficient (Wildman–Crippen LogP) is 27.5. The van der Waals surface area contributed by atoms with Gasteiger partial charge in [0.05, 0.1) is 27.7 Å². The third kappa shape index (κ3) is 81.9. The molecule has 0 saturated carbocycles. The molecule has 2 unspecified atom stereocenters. The fraction of sp³-hybridized carbons (Fsp3) is 0.795. The second kappa shape index (κ2) is 78.1. The SMILES string of the molecule is CC/C=C\C/C=C\C/C=C\C/C=C\C/C=C\C/C=C\CCCCCCCCCCCCCCCCCCCCCCCCC(=O)OC(COC(=O)CCCCCCCCCCCCCCCCCCCCCCC/C=C\C/C=C\CCCCCCC)COP(=O)([O-])OCC[N+](C)(C)C. The maximum atomic E-state index is 12.9. The minimum absolute atomic E-state index is 0.0299. The van der Waals surface area contributed by atoms with E-state index >= 15 is 0 Å². The first-order chi connectivity index (χ1) is 48.0. The van der Waals surface area contributed by atoms with Gasteiger partial charge in [0.2, 0.25) is 0 Å². The zero-order valence-corrected chi connectivity index (χ0v) is 66.1. The summed E-state index contributed by atoms with van der Waals surface area (Å²) in [6.45, 7) is 4.18. The molecule has 98 heavy (non-hydrogen) atoms. The first-order valence-corrected chi connectivity index (χ1v) is 43.4. The number of allylic oxidation sites excluding steroid dienone is 16. The van der Waals surface area contributed by atoms with Crippen LogP contribution in [0.5, 0.6) is 0 Å². The van der Waals surface area contributed by atoms with Gasteiger partial charge in [0.15, 0.2) is 6.10 Å². The normalized spacial score (nSPS) is 13.5. The lowest BCUT2D eigenvalue weighted by atomic mass is 10.0. The number of rotatable bonds is 78. The number of hydrogen-bond acceptors (Lipinski definition) is 8. The van der Waals surface area contributed by atoms with E-state index in [0.717, 1.165) is 77.0 Å². The van der Waals surface area contributed by atoms with Gasteiger partial charge in [-0.3, -0.25) is 14.2 Å². The van der Waals surface area contributed by atoms with Gasteiger partial charge in [-0.25, -0.2) is 0 Å². The molecule has 0 saturated heterocycles. The lowest BCUT2D eigenvalue weighted by molar-refractivity contribution is -0.870. The number of carbonyl (C=O) groups excluding carboxylic acids is 2. The van der Waals surface area contributed by atoms with Crippen LogP contribution in [0, 0.1) is 0 Å². The van der Waals surface area contributed by atoms with Gasteiger partial charge in [0, 0.05) is 12.8 Å². The highest BCUT2D eigenvalue weighted by Gasteiger charge is 2.22. The molecule has 0 bridgehead atoms. The molecule has 9 nitrogen and oxygen atoms in total. The number of nitrogens with zero attached hydrogens (tertiary/aromatic N) is 1. The van der Waals surface area contributed by atoms with Crippen molar-refractivity contribution < 1.29 is 42.1 Å². The quantitative estimate of drug-likeness (QED) is 0.0195. The molecule has 0 radical (unpaired) electrons. The van der Waals surface area contributed by atoms with Gasteiger partial charge in [-0.15, -0.1) is 0 Å². The van der Waals surface area contributed by atoms with Crippen molar-refractivity contribution in [1.82, 2.24) is 0 Å². The Morgan fingerprint density at radius 2 is 0.582 bits per heavy atom. The van der Waals surface area contributed by atoms with Crippen LogP contribution in [-0.2, 0) is 32.7 Å². The summed E-state index contributed by atoms with van der Waals surface area (Å²) in [4.78, 5) is 38.2. The molecule has 0 rings (SSSR count). The summed E-state index contributed by atoms with van der Waals surface area (Å²) in [6, 6.07) is 0. The van der Waals surface area contributed by atoms with Crippen LogP contribution in [0.2, 0.25) is 0 Å². The van der Waals surface area contributed by atoms with Crippen molar-refractivity contribution in [3.63, 3.8) is 0 Å².